The summed E-state index contributed by atoms with van der Waals surface area (Å²) in [6.45, 7) is 9.34. The second kappa shape index (κ2) is 8.56. The highest BCUT2D eigenvalue weighted by Gasteiger charge is 2.22. The maximum atomic E-state index is 12.6. The standard InChI is InChI=1S/C23H33N3O2/c1-16-11-17(2)15-26(14-16)20-3-4-21-19(12-20)13-22(25-21)23(27)24-8-5-18-6-9-28-10-7-18/h3-4,12-13,16-18,25H,5-11,14-15H2,1-2H3,(H,24,27). The van der Waals surface area contributed by atoms with E-state index in [-0.39, 0.29) is 5.91 Å². The number of aromatic amines is 1. The number of ether oxygens (including phenoxy) is 1. The van der Waals surface area contributed by atoms with Gasteiger partial charge < -0.3 is 19.9 Å². The summed E-state index contributed by atoms with van der Waals surface area (Å²) in [6, 6.07) is 8.48. The molecule has 0 spiro atoms. The Labute approximate surface area is 167 Å². The van der Waals surface area contributed by atoms with E-state index in [1.807, 2.05) is 6.07 Å². The SMILES string of the molecule is CC1CC(C)CN(c2ccc3[nH]c(C(=O)NCCC4CCOCC4)cc3c2)C1. The van der Waals surface area contributed by atoms with Crippen molar-refractivity contribution in [3.8, 4) is 0 Å². The quantitative estimate of drug-likeness (QED) is 0.814. The molecule has 0 bridgehead atoms. The number of anilines is 1. The van der Waals surface area contributed by atoms with E-state index in [2.05, 4.69) is 47.2 Å². The Bertz CT molecular complexity index is 799. The number of hydrogen-bond acceptors (Lipinski definition) is 3. The summed E-state index contributed by atoms with van der Waals surface area (Å²) in [5, 5.41) is 4.18. The molecular formula is C23H33N3O2. The minimum Gasteiger partial charge on any atom is -0.381 e. The molecule has 28 heavy (non-hydrogen) atoms. The second-order valence-electron chi connectivity index (χ2n) is 8.91. The molecule has 2 atom stereocenters. The molecule has 5 heteroatoms. The highest BCUT2D eigenvalue weighted by atomic mass is 16.5. The number of hydrogen-bond donors (Lipinski definition) is 2. The van der Waals surface area contributed by atoms with Crippen LogP contribution in [0.1, 0.15) is 50.0 Å². The third-order valence-corrected chi connectivity index (χ3v) is 6.26. The smallest absolute Gasteiger partial charge is 0.267 e. The number of fused-ring (bicyclic) bond motifs is 1. The average Bonchev–Trinajstić information content (AvgIpc) is 3.11. The average molecular weight is 384 g/mol. The van der Waals surface area contributed by atoms with E-state index in [0.717, 1.165) is 74.8 Å². The predicted octanol–water partition coefficient (Wildman–Crippen LogP) is 4.20. The number of nitrogens with one attached hydrogen (secondary N) is 2. The zero-order valence-electron chi connectivity index (χ0n) is 17.2. The van der Waals surface area contributed by atoms with Gasteiger partial charge in [-0.2, -0.15) is 0 Å². The topological polar surface area (TPSA) is 57.4 Å². The van der Waals surface area contributed by atoms with Crippen LogP contribution in [0, 0.1) is 17.8 Å². The van der Waals surface area contributed by atoms with E-state index in [1.54, 1.807) is 0 Å². The Hall–Kier alpha value is -2.01. The van der Waals surface area contributed by atoms with Gasteiger partial charge in [0.1, 0.15) is 5.69 Å². The molecule has 1 aromatic carbocycles. The first-order chi connectivity index (χ1) is 13.6. The van der Waals surface area contributed by atoms with Gasteiger partial charge in [0, 0.05) is 49.4 Å². The molecule has 2 fully saturated rings. The Morgan fingerprint density at radius 2 is 1.93 bits per heavy atom. The highest BCUT2D eigenvalue weighted by Crippen LogP contribution is 2.29. The summed E-state index contributed by atoms with van der Waals surface area (Å²) in [5.74, 6) is 2.11. The zero-order chi connectivity index (χ0) is 19.5. The molecule has 2 aliphatic heterocycles. The lowest BCUT2D eigenvalue weighted by molar-refractivity contribution is 0.0636. The lowest BCUT2D eigenvalue weighted by Crippen LogP contribution is -2.38. The fourth-order valence-corrected chi connectivity index (χ4v) is 4.83. The van der Waals surface area contributed by atoms with E-state index in [1.165, 1.54) is 12.1 Å². The molecular weight excluding hydrogens is 350 g/mol. The van der Waals surface area contributed by atoms with Crippen molar-refractivity contribution < 1.29 is 9.53 Å². The first-order valence-corrected chi connectivity index (χ1v) is 10.8. The number of piperidine rings is 1. The van der Waals surface area contributed by atoms with E-state index in [9.17, 15) is 4.79 Å². The van der Waals surface area contributed by atoms with E-state index in [0.29, 0.717) is 11.6 Å². The molecule has 0 aliphatic carbocycles. The summed E-state index contributed by atoms with van der Waals surface area (Å²) in [7, 11) is 0. The molecule has 2 saturated heterocycles. The molecule has 2 N–H and O–H groups in total. The largest absolute Gasteiger partial charge is 0.381 e. The van der Waals surface area contributed by atoms with Crippen LogP contribution in [0.4, 0.5) is 5.69 Å². The molecule has 1 aromatic heterocycles. The van der Waals surface area contributed by atoms with Crippen molar-refractivity contribution in [2.24, 2.45) is 17.8 Å². The Morgan fingerprint density at radius 1 is 1.18 bits per heavy atom. The van der Waals surface area contributed by atoms with Crippen molar-refractivity contribution in [3.63, 3.8) is 0 Å². The van der Waals surface area contributed by atoms with Gasteiger partial charge in [-0.1, -0.05) is 13.8 Å². The zero-order valence-corrected chi connectivity index (χ0v) is 17.2. The van der Waals surface area contributed by atoms with Crippen LogP contribution >= 0.6 is 0 Å². The lowest BCUT2D eigenvalue weighted by atomic mass is 9.91. The number of benzene rings is 1. The third-order valence-electron chi connectivity index (χ3n) is 6.26. The molecule has 0 radical (unpaired) electrons. The van der Waals surface area contributed by atoms with Gasteiger partial charge in [-0.3, -0.25) is 4.79 Å². The van der Waals surface area contributed by atoms with E-state index >= 15 is 0 Å². The number of nitrogens with zero attached hydrogens (tertiary/aromatic N) is 1. The van der Waals surface area contributed by atoms with Crippen LogP contribution in [0.3, 0.4) is 0 Å². The normalized spacial score (nSPS) is 23.9. The van der Waals surface area contributed by atoms with Crippen LogP contribution in [-0.2, 0) is 4.74 Å². The molecule has 5 nitrogen and oxygen atoms in total. The predicted molar refractivity (Wildman–Crippen MR) is 114 cm³/mol. The minimum absolute atomic E-state index is 0.00923. The van der Waals surface area contributed by atoms with Crippen LogP contribution < -0.4 is 10.2 Å². The van der Waals surface area contributed by atoms with Gasteiger partial charge in [0.05, 0.1) is 0 Å². The number of carbonyl (C=O) groups is 1. The van der Waals surface area contributed by atoms with Crippen molar-refractivity contribution in [2.45, 2.75) is 39.5 Å². The van der Waals surface area contributed by atoms with Crippen molar-refractivity contribution >= 4 is 22.5 Å². The van der Waals surface area contributed by atoms with Gasteiger partial charge in [-0.25, -0.2) is 0 Å². The third kappa shape index (κ3) is 4.52. The first-order valence-electron chi connectivity index (χ1n) is 10.8. The highest BCUT2D eigenvalue weighted by molar-refractivity contribution is 5.98. The molecule has 4 rings (SSSR count). The van der Waals surface area contributed by atoms with Crippen molar-refractivity contribution in [3.05, 3.63) is 30.0 Å². The fourth-order valence-electron chi connectivity index (χ4n) is 4.83. The molecule has 2 aliphatic rings. The van der Waals surface area contributed by atoms with Gasteiger partial charge in [-0.05, 0) is 67.7 Å². The maximum Gasteiger partial charge on any atom is 0.267 e. The van der Waals surface area contributed by atoms with E-state index in [4.69, 9.17) is 4.74 Å². The van der Waals surface area contributed by atoms with E-state index < -0.39 is 0 Å². The first kappa shape index (κ1) is 19.3. The molecule has 152 valence electrons. The number of H-pyrrole nitrogens is 1. The Morgan fingerprint density at radius 3 is 2.68 bits per heavy atom. The van der Waals surface area contributed by atoms with Crippen LogP contribution in [-0.4, -0.2) is 43.7 Å². The molecule has 2 aromatic rings. The maximum absolute atomic E-state index is 12.6. The van der Waals surface area contributed by atoms with Gasteiger partial charge in [0.2, 0.25) is 0 Å². The van der Waals surface area contributed by atoms with Gasteiger partial charge in [-0.15, -0.1) is 0 Å². The van der Waals surface area contributed by atoms with Crippen LogP contribution in [0.2, 0.25) is 0 Å². The second-order valence-corrected chi connectivity index (χ2v) is 8.91. The van der Waals surface area contributed by atoms with Gasteiger partial charge >= 0.3 is 0 Å². The monoisotopic (exact) mass is 383 g/mol. The molecule has 1 amide bonds. The van der Waals surface area contributed by atoms with Crippen molar-refractivity contribution in [1.82, 2.24) is 10.3 Å². The lowest BCUT2D eigenvalue weighted by Gasteiger charge is -2.36. The summed E-state index contributed by atoms with van der Waals surface area (Å²) >= 11 is 0. The molecule has 2 unspecified atom stereocenters. The van der Waals surface area contributed by atoms with Crippen molar-refractivity contribution in [1.29, 1.82) is 0 Å². The summed E-state index contributed by atoms with van der Waals surface area (Å²) < 4.78 is 5.40. The molecule has 0 saturated carbocycles. The summed E-state index contributed by atoms with van der Waals surface area (Å²) in [5.41, 5.74) is 2.94. The minimum atomic E-state index is -0.00923. The number of aromatic nitrogens is 1. The fraction of sp³-hybridized carbons (Fsp3) is 0.609. The number of rotatable bonds is 5. The van der Waals surface area contributed by atoms with Crippen LogP contribution in [0.25, 0.3) is 10.9 Å². The summed E-state index contributed by atoms with van der Waals surface area (Å²) in [6.07, 6.45) is 4.56. The van der Waals surface area contributed by atoms with Gasteiger partial charge in [0.25, 0.3) is 5.91 Å². The van der Waals surface area contributed by atoms with Gasteiger partial charge in [0.15, 0.2) is 0 Å². The molecule has 3 heterocycles. The number of carbonyl (C=O) groups excluding carboxylic acids is 1. The number of amides is 1. The van der Waals surface area contributed by atoms with Crippen molar-refractivity contribution in [2.75, 3.05) is 37.7 Å². The van der Waals surface area contributed by atoms with Crippen LogP contribution in [0.15, 0.2) is 24.3 Å². The summed E-state index contributed by atoms with van der Waals surface area (Å²) in [4.78, 5) is 18.3. The Kier molecular flexibility index (Phi) is 5.90. The van der Waals surface area contributed by atoms with Crippen LogP contribution in [0.5, 0.6) is 0 Å². The Balaban J connectivity index is 1.39.